The van der Waals surface area contributed by atoms with Gasteiger partial charge >= 0.3 is 0 Å². The number of ether oxygens (including phenoxy) is 1. The molecular formula is C15H18N4O3S. The van der Waals surface area contributed by atoms with Crippen LogP contribution in [0.25, 0.3) is 0 Å². The minimum Gasteiger partial charge on any atom is -0.374 e. The molecular weight excluding hydrogens is 316 g/mol. The molecule has 7 nitrogen and oxygen atoms in total. The number of aromatic nitrogens is 2. The first-order valence-electron chi connectivity index (χ1n) is 7.77. The first kappa shape index (κ1) is 14.8. The van der Waals surface area contributed by atoms with Gasteiger partial charge in [-0.2, -0.15) is 0 Å². The molecule has 0 aromatic carbocycles. The van der Waals surface area contributed by atoms with E-state index in [-0.39, 0.29) is 23.8 Å². The summed E-state index contributed by atoms with van der Waals surface area (Å²) in [5, 5.41) is 9.70. The van der Waals surface area contributed by atoms with Crippen LogP contribution in [0.1, 0.15) is 28.4 Å². The predicted octanol–water partition coefficient (Wildman–Crippen LogP) is 1.29. The SMILES string of the molecule is O=C(N[C@@H]1CN(Cc2nccs2)[C@@H]2CCCO[C@@H]21)c1ccno1. The number of rotatable bonds is 4. The smallest absolute Gasteiger partial charge is 0.290 e. The van der Waals surface area contributed by atoms with Gasteiger partial charge in [0, 0.05) is 36.8 Å². The van der Waals surface area contributed by atoms with E-state index in [1.54, 1.807) is 17.4 Å². The molecule has 4 heterocycles. The molecule has 8 heteroatoms. The minimum absolute atomic E-state index is 0.0237. The number of hydrogen-bond donors (Lipinski definition) is 1. The standard InChI is InChI=1S/C15H18N4O3S/c20-15(12-3-4-17-22-12)18-10-8-19(9-13-16-5-7-23-13)11-2-1-6-21-14(10)11/h3-5,7,10-11,14H,1-2,6,8-9H2,(H,18,20)/t10-,11-,14-/m1/s1. The molecule has 0 saturated carbocycles. The van der Waals surface area contributed by atoms with Crippen LogP contribution >= 0.6 is 11.3 Å². The summed E-state index contributed by atoms with van der Waals surface area (Å²) in [6.45, 7) is 2.31. The maximum atomic E-state index is 12.2. The Bertz CT molecular complexity index is 646. The van der Waals surface area contributed by atoms with Crippen LogP contribution in [0, 0.1) is 0 Å². The van der Waals surface area contributed by atoms with Gasteiger partial charge in [0.1, 0.15) is 5.01 Å². The third-order valence-electron chi connectivity index (χ3n) is 4.43. The van der Waals surface area contributed by atoms with Crippen molar-refractivity contribution in [3.05, 3.63) is 34.6 Å². The van der Waals surface area contributed by atoms with Crippen LogP contribution in [0.15, 0.2) is 28.4 Å². The molecule has 2 aliphatic heterocycles. The summed E-state index contributed by atoms with van der Waals surface area (Å²) < 4.78 is 10.9. The summed E-state index contributed by atoms with van der Waals surface area (Å²) in [7, 11) is 0. The molecule has 2 aliphatic rings. The van der Waals surface area contributed by atoms with Gasteiger partial charge in [-0.15, -0.1) is 11.3 Å². The molecule has 0 radical (unpaired) electrons. The van der Waals surface area contributed by atoms with Crippen LogP contribution in [0.5, 0.6) is 0 Å². The molecule has 23 heavy (non-hydrogen) atoms. The Kier molecular flexibility index (Phi) is 4.11. The summed E-state index contributed by atoms with van der Waals surface area (Å²) in [5.74, 6) is -0.00717. The van der Waals surface area contributed by atoms with Crippen molar-refractivity contribution in [3.8, 4) is 0 Å². The lowest BCUT2D eigenvalue weighted by molar-refractivity contribution is -0.0212. The van der Waals surface area contributed by atoms with Crippen LogP contribution in [0.2, 0.25) is 0 Å². The van der Waals surface area contributed by atoms with Crippen LogP contribution in [0.3, 0.4) is 0 Å². The molecule has 2 aromatic heterocycles. The summed E-state index contributed by atoms with van der Waals surface area (Å²) >= 11 is 1.66. The lowest BCUT2D eigenvalue weighted by atomic mass is 10.0. The summed E-state index contributed by atoms with van der Waals surface area (Å²) in [6.07, 6.45) is 5.46. The Balaban J connectivity index is 1.47. The molecule has 4 rings (SSSR count). The van der Waals surface area contributed by atoms with Crippen molar-refractivity contribution in [2.75, 3.05) is 13.2 Å². The molecule has 2 aromatic rings. The van der Waals surface area contributed by atoms with Gasteiger partial charge in [-0.3, -0.25) is 9.69 Å². The van der Waals surface area contributed by atoms with E-state index >= 15 is 0 Å². The fourth-order valence-electron chi connectivity index (χ4n) is 3.44. The van der Waals surface area contributed by atoms with E-state index in [9.17, 15) is 4.79 Å². The minimum atomic E-state index is -0.239. The highest BCUT2D eigenvalue weighted by Crippen LogP contribution is 2.30. The summed E-state index contributed by atoms with van der Waals surface area (Å²) in [5.41, 5.74) is 0. The van der Waals surface area contributed by atoms with E-state index in [4.69, 9.17) is 9.26 Å². The van der Waals surface area contributed by atoms with Crippen molar-refractivity contribution in [2.45, 2.75) is 37.6 Å². The highest BCUT2D eigenvalue weighted by molar-refractivity contribution is 7.09. The third-order valence-corrected chi connectivity index (χ3v) is 5.19. The molecule has 3 atom stereocenters. The van der Waals surface area contributed by atoms with Crippen LogP contribution in [-0.2, 0) is 11.3 Å². The highest BCUT2D eigenvalue weighted by atomic mass is 32.1. The number of amides is 1. The Morgan fingerprint density at radius 3 is 3.22 bits per heavy atom. The molecule has 122 valence electrons. The number of nitrogens with one attached hydrogen (secondary N) is 1. The van der Waals surface area contributed by atoms with Gasteiger partial charge in [0.15, 0.2) is 0 Å². The molecule has 2 fully saturated rings. The van der Waals surface area contributed by atoms with Crippen molar-refractivity contribution in [3.63, 3.8) is 0 Å². The zero-order valence-electron chi connectivity index (χ0n) is 12.6. The molecule has 1 amide bonds. The van der Waals surface area contributed by atoms with Gasteiger partial charge in [0.2, 0.25) is 5.76 Å². The largest absolute Gasteiger partial charge is 0.374 e. The highest BCUT2D eigenvalue weighted by Gasteiger charge is 2.44. The van der Waals surface area contributed by atoms with E-state index in [1.807, 2.05) is 11.6 Å². The first-order valence-corrected chi connectivity index (χ1v) is 8.65. The molecule has 0 bridgehead atoms. The second-order valence-corrected chi connectivity index (χ2v) is 6.84. The van der Waals surface area contributed by atoms with Gasteiger partial charge < -0.3 is 14.6 Å². The Morgan fingerprint density at radius 1 is 1.48 bits per heavy atom. The van der Waals surface area contributed by atoms with Crippen molar-refractivity contribution in [1.29, 1.82) is 0 Å². The second kappa shape index (κ2) is 6.38. The van der Waals surface area contributed by atoms with Crippen molar-refractivity contribution >= 4 is 17.2 Å². The molecule has 2 saturated heterocycles. The molecule has 0 unspecified atom stereocenters. The molecule has 0 aliphatic carbocycles. The van der Waals surface area contributed by atoms with Crippen molar-refractivity contribution in [1.82, 2.24) is 20.4 Å². The van der Waals surface area contributed by atoms with Crippen LogP contribution < -0.4 is 5.32 Å². The fourth-order valence-corrected chi connectivity index (χ4v) is 4.08. The second-order valence-electron chi connectivity index (χ2n) is 5.86. The van der Waals surface area contributed by atoms with Crippen LogP contribution in [0.4, 0.5) is 0 Å². The fraction of sp³-hybridized carbons (Fsp3) is 0.533. The predicted molar refractivity (Wildman–Crippen MR) is 83.0 cm³/mol. The average molecular weight is 334 g/mol. The normalized spacial score (nSPS) is 27.7. The maximum absolute atomic E-state index is 12.2. The molecule has 1 N–H and O–H groups in total. The zero-order chi connectivity index (χ0) is 15.6. The Morgan fingerprint density at radius 2 is 2.43 bits per heavy atom. The Hall–Kier alpha value is -1.77. The lowest BCUT2D eigenvalue weighted by Gasteiger charge is -2.32. The van der Waals surface area contributed by atoms with Crippen molar-refractivity contribution < 1.29 is 14.1 Å². The topological polar surface area (TPSA) is 80.5 Å². The van der Waals surface area contributed by atoms with E-state index in [0.29, 0.717) is 6.04 Å². The van der Waals surface area contributed by atoms with E-state index in [1.165, 1.54) is 6.20 Å². The lowest BCUT2D eigenvalue weighted by Crippen LogP contribution is -2.47. The number of likely N-dealkylation sites (tertiary alicyclic amines) is 1. The third kappa shape index (κ3) is 3.01. The number of thiazole rings is 1. The quantitative estimate of drug-likeness (QED) is 0.907. The zero-order valence-corrected chi connectivity index (χ0v) is 13.4. The molecule has 0 spiro atoms. The maximum Gasteiger partial charge on any atom is 0.290 e. The monoisotopic (exact) mass is 334 g/mol. The van der Waals surface area contributed by atoms with Crippen LogP contribution in [-0.4, -0.2) is 52.3 Å². The van der Waals surface area contributed by atoms with Crippen molar-refractivity contribution in [2.24, 2.45) is 0 Å². The average Bonchev–Trinajstić information content (AvgIpc) is 3.30. The Labute approximate surface area is 137 Å². The first-order chi connectivity index (χ1) is 11.3. The number of carbonyl (C=O) groups excluding carboxylic acids is 1. The van der Waals surface area contributed by atoms with Gasteiger partial charge in [-0.1, -0.05) is 5.16 Å². The van der Waals surface area contributed by atoms with Gasteiger partial charge in [-0.05, 0) is 12.8 Å². The number of nitrogens with zero attached hydrogens (tertiary/aromatic N) is 3. The number of hydrogen-bond acceptors (Lipinski definition) is 7. The number of fused-ring (bicyclic) bond motifs is 1. The van der Waals surface area contributed by atoms with Gasteiger partial charge in [0.05, 0.1) is 24.9 Å². The van der Waals surface area contributed by atoms with Gasteiger partial charge in [-0.25, -0.2) is 4.98 Å². The summed E-state index contributed by atoms with van der Waals surface area (Å²) in [6, 6.07) is 1.85. The van der Waals surface area contributed by atoms with Gasteiger partial charge in [0.25, 0.3) is 5.91 Å². The number of carbonyl (C=O) groups is 1. The van der Waals surface area contributed by atoms with E-state index in [2.05, 4.69) is 20.4 Å². The van der Waals surface area contributed by atoms with E-state index < -0.39 is 0 Å². The van der Waals surface area contributed by atoms with E-state index in [0.717, 1.165) is 37.5 Å². The summed E-state index contributed by atoms with van der Waals surface area (Å²) in [4.78, 5) is 19.0.